The smallest absolute Gasteiger partial charge is 0.245 e. The molecule has 0 aliphatic carbocycles. The predicted molar refractivity (Wildman–Crippen MR) is 223 cm³/mol. The maximum atomic E-state index is 14.1. The van der Waals surface area contributed by atoms with Crippen LogP contribution in [-0.2, 0) is 46.4 Å². The highest BCUT2D eigenvalue weighted by Gasteiger charge is 2.34. The fourth-order valence-electron chi connectivity index (χ4n) is 7.46. The lowest BCUT2D eigenvalue weighted by Gasteiger charge is -2.35. The van der Waals surface area contributed by atoms with Crippen molar-refractivity contribution in [1.29, 1.82) is 0 Å². The molecule has 0 aromatic heterocycles. The van der Waals surface area contributed by atoms with E-state index in [-0.39, 0.29) is 67.3 Å². The number of nitrogens with zero attached hydrogens (tertiary/aromatic N) is 1. The molecule has 0 spiro atoms. The van der Waals surface area contributed by atoms with Crippen LogP contribution < -0.4 is 33.2 Å². The van der Waals surface area contributed by atoms with Crippen LogP contribution in [0.5, 0.6) is 0 Å². The minimum absolute atomic E-state index is 0.0229. The number of Topliss-reactive ketones (excluding diaryl/α,β-unsaturated/α-hetero) is 2. The van der Waals surface area contributed by atoms with Crippen molar-refractivity contribution in [2.24, 2.45) is 35.0 Å². The highest BCUT2D eigenvalue weighted by atomic mass is 16.2. The molecule has 14 heteroatoms. The first kappa shape index (κ1) is 47.4. The Balaban J connectivity index is 1.71. The van der Waals surface area contributed by atoms with E-state index in [0.29, 0.717) is 64.6 Å². The summed E-state index contributed by atoms with van der Waals surface area (Å²) in [6.45, 7) is 6.44. The zero-order valence-electron chi connectivity index (χ0n) is 34.5. The topological polar surface area (TPSA) is 237 Å². The Morgan fingerprint density at radius 1 is 0.741 bits per heavy atom. The van der Waals surface area contributed by atoms with Gasteiger partial charge in [0.25, 0.3) is 0 Å². The first-order valence-corrected chi connectivity index (χ1v) is 20.7. The quantitative estimate of drug-likeness (QED) is 0.0808. The van der Waals surface area contributed by atoms with Crippen molar-refractivity contribution in [2.75, 3.05) is 19.6 Å². The molecule has 2 aromatic carbocycles. The molecule has 9 N–H and O–H groups in total. The van der Waals surface area contributed by atoms with Gasteiger partial charge in [0.2, 0.25) is 29.5 Å². The average Bonchev–Trinajstić information content (AvgIpc) is 3.18. The molecule has 1 saturated heterocycles. The summed E-state index contributed by atoms with van der Waals surface area (Å²) < 4.78 is 0. The number of nitrogens with two attached hydrogens (primary N) is 3. The third kappa shape index (κ3) is 16.9. The Labute approximate surface area is 343 Å². The minimum Gasteiger partial charge on any atom is -0.370 e. The van der Waals surface area contributed by atoms with Gasteiger partial charge >= 0.3 is 0 Å². The highest BCUT2D eigenvalue weighted by molar-refractivity contribution is 5.95. The Kier molecular flexibility index (Phi) is 20.2. The van der Waals surface area contributed by atoms with Gasteiger partial charge < -0.3 is 38.1 Å². The van der Waals surface area contributed by atoms with Gasteiger partial charge in [0.15, 0.2) is 11.6 Å². The molecule has 1 fully saturated rings. The van der Waals surface area contributed by atoms with Gasteiger partial charge in [-0.25, -0.2) is 0 Å². The van der Waals surface area contributed by atoms with E-state index in [4.69, 9.17) is 17.2 Å². The molecule has 0 bridgehead atoms. The summed E-state index contributed by atoms with van der Waals surface area (Å²) in [4.78, 5) is 93.5. The number of piperidine rings is 1. The number of primary amides is 1. The van der Waals surface area contributed by atoms with Crippen LogP contribution in [-0.4, -0.2) is 89.8 Å². The molecule has 1 aliphatic rings. The van der Waals surface area contributed by atoms with Gasteiger partial charge in [0.05, 0.1) is 18.1 Å². The van der Waals surface area contributed by atoms with Crippen LogP contribution in [0.15, 0.2) is 60.7 Å². The Morgan fingerprint density at radius 3 is 1.88 bits per heavy atom. The van der Waals surface area contributed by atoms with E-state index < -0.39 is 47.8 Å². The fraction of sp³-hybridized carbons (Fsp3) is 0.568. The number of likely N-dealkylation sites (tertiary alicyclic amines) is 1. The molecular weight excluding hydrogens is 739 g/mol. The van der Waals surface area contributed by atoms with Gasteiger partial charge in [-0.2, -0.15) is 0 Å². The summed E-state index contributed by atoms with van der Waals surface area (Å²) in [6.07, 6.45) is 3.81. The molecule has 2 aromatic rings. The van der Waals surface area contributed by atoms with E-state index in [1.807, 2.05) is 74.5 Å². The number of carbonyl (C=O) groups excluding carboxylic acids is 7. The van der Waals surface area contributed by atoms with Crippen molar-refractivity contribution in [3.05, 3.63) is 71.8 Å². The zero-order chi connectivity index (χ0) is 42.6. The molecule has 1 heterocycles. The first-order chi connectivity index (χ1) is 27.7. The van der Waals surface area contributed by atoms with Gasteiger partial charge in [-0.15, -0.1) is 0 Å². The van der Waals surface area contributed by atoms with Gasteiger partial charge in [-0.05, 0) is 87.3 Å². The van der Waals surface area contributed by atoms with Crippen LogP contribution in [0.1, 0.15) is 96.1 Å². The van der Waals surface area contributed by atoms with Crippen LogP contribution in [0.3, 0.4) is 0 Å². The normalized spacial score (nSPS) is 15.7. The van der Waals surface area contributed by atoms with Crippen molar-refractivity contribution in [3.63, 3.8) is 0 Å². The summed E-state index contributed by atoms with van der Waals surface area (Å²) in [5, 5.41) is 8.50. The fourth-order valence-corrected chi connectivity index (χ4v) is 7.46. The lowest BCUT2D eigenvalue weighted by molar-refractivity contribution is -0.139. The van der Waals surface area contributed by atoms with E-state index in [1.54, 1.807) is 4.90 Å². The molecule has 318 valence electrons. The molecule has 0 saturated carbocycles. The second-order valence-corrected chi connectivity index (χ2v) is 16.1. The SMILES string of the molecule is CC(=O)N[C@@H](CCC(N)=O)C(=O)CC1CCN(C(=O)[C@@H](CCCCN)NC(=O)[C@H](CC(=O)[C@@H](Cc2ccccc2)NC(=O)[C@H](N)Cc2ccccc2)CC(C)C)CC1. The number of unbranched alkanes of at least 4 members (excludes halogenated alkanes) is 1. The lowest BCUT2D eigenvalue weighted by Crippen LogP contribution is -2.53. The summed E-state index contributed by atoms with van der Waals surface area (Å²) in [7, 11) is 0. The molecule has 58 heavy (non-hydrogen) atoms. The number of amides is 5. The standard InChI is InChI=1S/C44H65N7O7/c1-29(2)24-34(28-40(54)38(26-32-14-8-5-9-15-32)50-43(57)35(46)25-31-12-6-4-7-13-31)42(56)49-37(16-10-11-21-45)44(58)51-22-19-33(20-23-51)27-39(53)36(48-30(3)52)17-18-41(47)55/h4-9,12-15,29,33-38H,10-11,16-28,45-46H2,1-3H3,(H2,47,55)(H,48,52)(H,49,56)(H,50,57)/t34-,35+,36-,37+,38+/m0/s1. The molecule has 0 unspecified atom stereocenters. The highest BCUT2D eigenvalue weighted by Crippen LogP contribution is 2.24. The zero-order valence-corrected chi connectivity index (χ0v) is 34.5. The second-order valence-electron chi connectivity index (χ2n) is 16.1. The van der Waals surface area contributed by atoms with E-state index in [1.165, 1.54) is 6.92 Å². The third-order valence-electron chi connectivity index (χ3n) is 10.6. The first-order valence-electron chi connectivity index (χ1n) is 20.7. The van der Waals surface area contributed by atoms with Crippen LogP contribution in [0, 0.1) is 17.8 Å². The molecule has 3 rings (SSSR count). The summed E-state index contributed by atoms with van der Waals surface area (Å²) in [6, 6.07) is 15.3. The maximum absolute atomic E-state index is 14.1. The molecule has 1 aliphatic heterocycles. The van der Waals surface area contributed by atoms with Gasteiger partial charge in [-0.3, -0.25) is 33.6 Å². The molecule has 5 amide bonds. The van der Waals surface area contributed by atoms with Gasteiger partial charge in [-0.1, -0.05) is 74.5 Å². The number of hydrogen-bond donors (Lipinski definition) is 6. The minimum atomic E-state index is -0.925. The molecule has 5 atom stereocenters. The number of ketones is 2. The van der Waals surface area contributed by atoms with Crippen LogP contribution >= 0.6 is 0 Å². The Morgan fingerprint density at radius 2 is 1.33 bits per heavy atom. The predicted octanol–water partition coefficient (Wildman–Crippen LogP) is 2.49. The number of benzene rings is 2. The second kappa shape index (κ2) is 24.7. The van der Waals surface area contributed by atoms with E-state index in [2.05, 4.69) is 16.0 Å². The molecule has 0 radical (unpaired) electrons. The Hall–Kier alpha value is -4.95. The van der Waals surface area contributed by atoms with Crippen molar-refractivity contribution in [2.45, 2.75) is 122 Å². The van der Waals surface area contributed by atoms with Crippen molar-refractivity contribution in [3.8, 4) is 0 Å². The van der Waals surface area contributed by atoms with Crippen molar-refractivity contribution in [1.82, 2.24) is 20.9 Å². The van der Waals surface area contributed by atoms with Gasteiger partial charge in [0.1, 0.15) is 6.04 Å². The van der Waals surface area contributed by atoms with E-state index >= 15 is 0 Å². The van der Waals surface area contributed by atoms with Gasteiger partial charge in [0, 0.05) is 45.2 Å². The van der Waals surface area contributed by atoms with Crippen LogP contribution in [0.25, 0.3) is 0 Å². The van der Waals surface area contributed by atoms with Crippen molar-refractivity contribution >= 4 is 41.1 Å². The number of carbonyl (C=O) groups is 7. The average molecular weight is 804 g/mol. The molecular formula is C44H65N7O7. The summed E-state index contributed by atoms with van der Waals surface area (Å²) in [5.41, 5.74) is 19.1. The largest absolute Gasteiger partial charge is 0.370 e. The molecule has 14 nitrogen and oxygen atoms in total. The number of hydrogen-bond acceptors (Lipinski definition) is 9. The summed E-state index contributed by atoms with van der Waals surface area (Å²) >= 11 is 0. The van der Waals surface area contributed by atoms with Crippen LogP contribution in [0.4, 0.5) is 0 Å². The third-order valence-corrected chi connectivity index (χ3v) is 10.6. The number of rotatable bonds is 25. The van der Waals surface area contributed by atoms with Crippen LogP contribution in [0.2, 0.25) is 0 Å². The van der Waals surface area contributed by atoms with Crippen molar-refractivity contribution < 1.29 is 33.6 Å². The lowest BCUT2D eigenvalue weighted by atomic mass is 9.87. The number of nitrogens with one attached hydrogen (secondary N) is 3. The monoisotopic (exact) mass is 803 g/mol. The summed E-state index contributed by atoms with van der Waals surface area (Å²) in [5.74, 6) is -3.23. The van der Waals surface area contributed by atoms with E-state index in [0.717, 1.165) is 11.1 Å². The van der Waals surface area contributed by atoms with E-state index in [9.17, 15) is 33.6 Å². The maximum Gasteiger partial charge on any atom is 0.245 e. The Bertz CT molecular complexity index is 1650.